The minimum absolute atomic E-state index is 0.265. The summed E-state index contributed by atoms with van der Waals surface area (Å²) in [4.78, 5) is 55.4. The van der Waals surface area contributed by atoms with Crippen LogP contribution in [0.2, 0.25) is 0 Å². The molecule has 14 heteroatoms. The average Bonchev–Trinajstić information content (AvgIpc) is 3.20. The highest BCUT2D eigenvalue weighted by Gasteiger charge is 2.19. The molecular formula is C22H23N7O6S. The Bertz CT molecular complexity index is 1230. The van der Waals surface area contributed by atoms with Crippen molar-refractivity contribution < 1.29 is 29.4 Å². The molecule has 0 bridgehead atoms. The number of carboxylic acid groups (broad SMARTS) is 2. The van der Waals surface area contributed by atoms with Gasteiger partial charge < -0.3 is 31.9 Å². The van der Waals surface area contributed by atoms with Gasteiger partial charge in [-0.25, -0.2) is 14.6 Å². The number of pyridine rings is 1. The number of nitrogens with two attached hydrogens (primary N) is 1. The van der Waals surface area contributed by atoms with E-state index in [1.165, 1.54) is 6.92 Å². The van der Waals surface area contributed by atoms with Gasteiger partial charge in [0.2, 0.25) is 5.91 Å². The average molecular weight is 514 g/mol. The van der Waals surface area contributed by atoms with Crippen LogP contribution in [0.5, 0.6) is 0 Å². The van der Waals surface area contributed by atoms with Gasteiger partial charge in [0, 0.05) is 18.8 Å². The molecule has 0 aliphatic carbocycles. The van der Waals surface area contributed by atoms with E-state index >= 15 is 0 Å². The van der Waals surface area contributed by atoms with E-state index in [2.05, 4.69) is 36.6 Å². The molecule has 3 aromatic rings. The molecule has 0 radical (unpaired) electrons. The van der Waals surface area contributed by atoms with Crippen molar-refractivity contribution in [3.8, 4) is 0 Å². The third-order valence-electron chi connectivity index (χ3n) is 4.12. The Morgan fingerprint density at radius 1 is 1.06 bits per heavy atom. The Kier molecular flexibility index (Phi) is 10.5. The second kappa shape index (κ2) is 13.8. The van der Waals surface area contributed by atoms with Crippen LogP contribution < -0.4 is 21.7 Å². The molecule has 2 aromatic heterocycles. The summed E-state index contributed by atoms with van der Waals surface area (Å²) in [6.45, 7) is 1.38. The Balaban J connectivity index is 0.00000106. The van der Waals surface area contributed by atoms with Crippen LogP contribution in [0.1, 0.15) is 27.9 Å². The molecule has 0 spiro atoms. The molecule has 0 unspecified atom stereocenters. The first-order chi connectivity index (χ1) is 17.1. The fourth-order valence-electron chi connectivity index (χ4n) is 2.72. The second-order valence-electron chi connectivity index (χ2n) is 6.89. The zero-order chi connectivity index (χ0) is 26.5. The van der Waals surface area contributed by atoms with E-state index in [1.807, 2.05) is 12.1 Å². The number of nitrogens with zero attached hydrogens (tertiary/aromatic N) is 3. The summed E-state index contributed by atoms with van der Waals surface area (Å²) < 4.78 is 0. The monoisotopic (exact) mass is 513 g/mol. The van der Waals surface area contributed by atoms with Crippen molar-refractivity contribution in [2.45, 2.75) is 19.8 Å². The van der Waals surface area contributed by atoms with Crippen LogP contribution in [0, 0.1) is 0 Å². The van der Waals surface area contributed by atoms with Crippen LogP contribution in [0.4, 0.5) is 26.1 Å². The molecule has 0 saturated heterocycles. The van der Waals surface area contributed by atoms with Crippen molar-refractivity contribution in [1.29, 1.82) is 0 Å². The van der Waals surface area contributed by atoms with Crippen LogP contribution in [0.3, 0.4) is 0 Å². The van der Waals surface area contributed by atoms with Gasteiger partial charge in [0.25, 0.3) is 5.91 Å². The highest BCUT2D eigenvalue weighted by Crippen LogP contribution is 2.26. The van der Waals surface area contributed by atoms with E-state index in [9.17, 15) is 14.4 Å². The van der Waals surface area contributed by atoms with Crippen molar-refractivity contribution >= 4 is 58.2 Å². The maximum absolute atomic E-state index is 12.8. The summed E-state index contributed by atoms with van der Waals surface area (Å²) >= 11 is 1.12. The topological polar surface area (TPSA) is 209 Å². The van der Waals surface area contributed by atoms with Gasteiger partial charge in [-0.2, -0.15) is 4.99 Å². The minimum atomic E-state index is -1.33. The molecule has 0 aliphatic heterocycles. The molecule has 188 valence electrons. The summed E-state index contributed by atoms with van der Waals surface area (Å²) in [5.74, 6) is -0.585. The molecule has 4 amide bonds. The number of primary amides is 1. The molecular weight excluding hydrogens is 490 g/mol. The molecule has 13 nitrogen and oxygen atoms in total. The van der Waals surface area contributed by atoms with Gasteiger partial charge in [0.05, 0.1) is 23.9 Å². The summed E-state index contributed by atoms with van der Waals surface area (Å²) in [6.07, 6.45) is 2.74. The number of rotatable bonds is 8. The fourth-order valence-corrected chi connectivity index (χ4v) is 3.67. The highest BCUT2D eigenvalue weighted by molar-refractivity contribution is 7.17. The molecule has 7 N–H and O–H groups in total. The summed E-state index contributed by atoms with van der Waals surface area (Å²) in [7, 11) is 0. The largest absolute Gasteiger partial charge is 0.465 e. The second-order valence-corrected chi connectivity index (χ2v) is 7.89. The number of aromatic nitrogens is 2. The lowest BCUT2D eigenvalue weighted by molar-refractivity contribution is -0.114. The first-order valence-corrected chi connectivity index (χ1v) is 11.0. The van der Waals surface area contributed by atoms with Gasteiger partial charge in [-0.05, 0) is 42.7 Å². The number of carbonyl (C=O) groups excluding carboxylic acids is 2. The van der Waals surface area contributed by atoms with Gasteiger partial charge in [-0.3, -0.25) is 14.6 Å². The van der Waals surface area contributed by atoms with Crippen molar-refractivity contribution in [2.24, 2.45) is 10.7 Å². The number of anilines is 3. The lowest BCUT2D eigenvalue weighted by Crippen LogP contribution is -2.13. The normalized spacial score (nSPS) is 10.1. The molecule has 1 aromatic carbocycles. The first kappa shape index (κ1) is 27.4. The number of aliphatic imine (C=N–C) groups is 1. The maximum atomic E-state index is 12.8. The zero-order valence-corrected chi connectivity index (χ0v) is 19.8. The lowest BCUT2D eigenvalue weighted by atomic mass is 10.1. The van der Waals surface area contributed by atoms with E-state index in [0.29, 0.717) is 39.9 Å². The van der Waals surface area contributed by atoms with Crippen LogP contribution >= 0.6 is 11.3 Å². The molecule has 2 heterocycles. The third kappa shape index (κ3) is 9.96. The number of nitrogens with one attached hydrogen (secondary N) is 3. The Labute approximate surface area is 209 Å². The van der Waals surface area contributed by atoms with E-state index in [0.717, 1.165) is 23.2 Å². The summed E-state index contributed by atoms with van der Waals surface area (Å²) in [5, 5.41) is 24.3. The van der Waals surface area contributed by atoms with Crippen molar-refractivity contribution in [3.63, 3.8) is 0 Å². The smallest absolute Gasteiger partial charge is 0.432 e. The lowest BCUT2D eigenvalue weighted by Gasteiger charge is -2.06. The van der Waals surface area contributed by atoms with E-state index in [4.69, 9.17) is 15.0 Å². The van der Waals surface area contributed by atoms with Crippen LogP contribution in [0.15, 0.2) is 53.8 Å². The molecule has 0 saturated carbocycles. The number of benzene rings is 1. The number of hydrogen-bond acceptors (Lipinski definition) is 7. The standard InChI is InChI=1S/C21H20N6O4S.CH3NO2/c1-13(28)25-20-27-17(18(32-20)19(29)26-16-3-2-10-22-11-16)9-6-14-4-7-15(8-5-14)23-12-24-21(30)31;2-1(3)4/h2-5,7-8,10-12H,6,9H2,1H3,(H,23,24)(H,26,29)(H,30,31)(H,25,27,28);2H2,(H,3,4). The van der Waals surface area contributed by atoms with Crippen molar-refractivity contribution in [2.75, 3.05) is 16.0 Å². The molecule has 0 atom stereocenters. The zero-order valence-electron chi connectivity index (χ0n) is 19.0. The quantitative estimate of drug-likeness (QED) is 0.192. The maximum Gasteiger partial charge on any atom is 0.432 e. The fraction of sp³-hybridized carbons (Fsp3) is 0.136. The van der Waals surface area contributed by atoms with E-state index in [1.54, 1.807) is 36.7 Å². The Hall–Kier alpha value is -4.85. The number of aryl methyl sites for hydroxylation is 2. The number of amides is 4. The van der Waals surface area contributed by atoms with Gasteiger partial charge in [0.1, 0.15) is 4.88 Å². The molecule has 0 aliphatic rings. The highest BCUT2D eigenvalue weighted by atomic mass is 32.1. The van der Waals surface area contributed by atoms with E-state index in [-0.39, 0.29) is 11.8 Å². The van der Waals surface area contributed by atoms with Gasteiger partial charge in [-0.1, -0.05) is 23.5 Å². The van der Waals surface area contributed by atoms with Gasteiger partial charge >= 0.3 is 12.2 Å². The SMILES string of the molecule is CC(=O)Nc1nc(CCc2ccc(NC=NC(=O)O)cc2)c(C(=O)Nc2cccnc2)s1.NC(=O)O. The van der Waals surface area contributed by atoms with Crippen LogP contribution in [-0.2, 0) is 17.6 Å². The summed E-state index contributed by atoms with van der Waals surface area (Å²) in [6, 6.07) is 10.8. The Morgan fingerprint density at radius 2 is 1.75 bits per heavy atom. The Morgan fingerprint density at radius 3 is 2.33 bits per heavy atom. The van der Waals surface area contributed by atoms with Gasteiger partial charge in [0.15, 0.2) is 5.13 Å². The van der Waals surface area contributed by atoms with Crippen molar-refractivity contribution in [3.05, 3.63) is 64.9 Å². The molecule has 3 rings (SSSR count). The van der Waals surface area contributed by atoms with E-state index < -0.39 is 12.2 Å². The molecule has 0 fully saturated rings. The van der Waals surface area contributed by atoms with Gasteiger partial charge in [-0.15, -0.1) is 0 Å². The van der Waals surface area contributed by atoms with Crippen LogP contribution in [0.25, 0.3) is 0 Å². The number of thiazole rings is 1. The third-order valence-corrected chi connectivity index (χ3v) is 5.13. The predicted octanol–water partition coefficient (Wildman–Crippen LogP) is 3.28. The van der Waals surface area contributed by atoms with Crippen LogP contribution in [-0.4, -0.2) is 50.5 Å². The first-order valence-electron chi connectivity index (χ1n) is 10.2. The number of hydrogen-bond donors (Lipinski definition) is 6. The van der Waals surface area contributed by atoms with Crippen molar-refractivity contribution in [1.82, 2.24) is 9.97 Å². The molecule has 36 heavy (non-hydrogen) atoms. The summed E-state index contributed by atoms with van der Waals surface area (Å²) in [5.41, 5.74) is 6.86. The number of carbonyl (C=O) groups is 4. The minimum Gasteiger partial charge on any atom is -0.465 e. The predicted molar refractivity (Wildman–Crippen MR) is 135 cm³/mol.